The molecule has 29 heavy (non-hydrogen) atoms. The molecule has 150 valence electrons. The molecule has 7 nitrogen and oxygen atoms in total. The molecule has 0 saturated carbocycles. The second kappa shape index (κ2) is 9.07. The molecule has 0 bridgehead atoms. The Kier molecular flexibility index (Phi) is 6.07. The second-order valence-electron chi connectivity index (χ2n) is 6.57. The van der Waals surface area contributed by atoms with Gasteiger partial charge in [0.1, 0.15) is 12.4 Å². The zero-order valence-corrected chi connectivity index (χ0v) is 16.3. The Hall–Kier alpha value is -2.90. The van der Waals surface area contributed by atoms with E-state index in [0.717, 1.165) is 25.0 Å². The second-order valence-corrected chi connectivity index (χ2v) is 7.01. The highest BCUT2D eigenvalue weighted by molar-refractivity contribution is 6.30. The summed E-state index contributed by atoms with van der Waals surface area (Å²) in [6.45, 7) is 1.18. The maximum Gasteiger partial charge on any atom is 0.338 e. The molecule has 1 aliphatic heterocycles. The molecular formula is C21H19ClN2O5. The van der Waals surface area contributed by atoms with Crippen molar-refractivity contribution in [1.29, 1.82) is 0 Å². The van der Waals surface area contributed by atoms with E-state index in [1.807, 2.05) is 6.07 Å². The Labute approximate surface area is 172 Å². The summed E-state index contributed by atoms with van der Waals surface area (Å²) in [5.41, 5.74) is 1.13. The average Bonchev–Trinajstić information content (AvgIpc) is 3.43. The largest absolute Gasteiger partial charge is 0.491 e. The summed E-state index contributed by atoms with van der Waals surface area (Å²) >= 11 is 5.97. The highest BCUT2D eigenvalue weighted by Crippen LogP contribution is 2.21. The quantitative estimate of drug-likeness (QED) is 0.533. The molecule has 1 fully saturated rings. The number of carbonyl (C=O) groups excluding carboxylic acids is 1. The number of halogens is 1. The third-order valence-electron chi connectivity index (χ3n) is 4.43. The van der Waals surface area contributed by atoms with Crippen molar-refractivity contribution >= 4 is 17.6 Å². The minimum absolute atomic E-state index is 0.121. The van der Waals surface area contributed by atoms with E-state index in [9.17, 15) is 4.79 Å². The summed E-state index contributed by atoms with van der Waals surface area (Å²) in [5.74, 6) is 0.773. The van der Waals surface area contributed by atoms with E-state index >= 15 is 0 Å². The van der Waals surface area contributed by atoms with Gasteiger partial charge in [-0.25, -0.2) is 4.79 Å². The van der Waals surface area contributed by atoms with Gasteiger partial charge in [0, 0.05) is 17.2 Å². The van der Waals surface area contributed by atoms with Gasteiger partial charge in [0.05, 0.1) is 11.7 Å². The SMILES string of the molecule is O=C(OCc1nc(-c2cccc(Cl)c2)no1)c1ccc(OC[C@@H]2CCCO2)cc1. The Morgan fingerprint density at radius 2 is 2.07 bits per heavy atom. The molecule has 0 unspecified atom stereocenters. The standard InChI is InChI=1S/C21H19ClN2O5/c22-16-4-1-3-15(11-16)20-23-19(29-24-20)13-28-21(25)14-6-8-17(9-7-14)27-12-18-5-2-10-26-18/h1,3-4,6-9,11,18H,2,5,10,12-13H2/t18-/m0/s1. The van der Waals surface area contributed by atoms with Crippen LogP contribution in [-0.4, -0.2) is 35.4 Å². The van der Waals surface area contributed by atoms with Crippen LogP contribution in [0.2, 0.25) is 5.02 Å². The van der Waals surface area contributed by atoms with Crippen LogP contribution < -0.4 is 4.74 Å². The lowest BCUT2D eigenvalue weighted by Gasteiger charge is -2.11. The van der Waals surface area contributed by atoms with Crippen LogP contribution in [-0.2, 0) is 16.1 Å². The van der Waals surface area contributed by atoms with E-state index in [0.29, 0.717) is 28.8 Å². The van der Waals surface area contributed by atoms with Crippen LogP contribution in [0.4, 0.5) is 0 Å². The van der Waals surface area contributed by atoms with Gasteiger partial charge in [-0.05, 0) is 49.2 Å². The van der Waals surface area contributed by atoms with Gasteiger partial charge in [-0.3, -0.25) is 0 Å². The van der Waals surface area contributed by atoms with Gasteiger partial charge in [0.15, 0.2) is 6.61 Å². The van der Waals surface area contributed by atoms with E-state index < -0.39 is 5.97 Å². The third-order valence-corrected chi connectivity index (χ3v) is 4.66. The number of esters is 1. The van der Waals surface area contributed by atoms with Crippen LogP contribution in [0.25, 0.3) is 11.4 Å². The molecule has 1 saturated heterocycles. The molecule has 0 spiro atoms. The molecule has 0 aliphatic carbocycles. The predicted molar refractivity (Wildman–Crippen MR) is 105 cm³/mol. The van der Waals surface area contributed by atoms with Crippen LogP contribution in [0.3, 0.4) is 0 Å². The molecule has 2 heterocycles. The fourth-order valence-corrected chi connectivity index (χ4v) is 3.11. The fraction of sp³-hybridized carbons (Fsp3) is 0.286. The van der Waals surface area contributed by atoms with E-state index in [-0.39, 0.29) is 18.6 Å². The van der Waals surface area contributed by atoms with Gasteiger partial charge >= 0.3 is 5.97 Å². The summed E-state index contributed by atoms with van der Waals surface area (Å²) in [6.07, 6.45) is 2.23. The van der Waals surface area contributed by atoms with Gasteiger partial charge in [0.25, 0.3) is 5.89 Å². The number of hydrogen-bond donors (Lipinski definition) is 0. The zero-order valence-electron chi connectivity index (χ0n) is 15.5. The van der Waals surface area contributed by atoms with Crippen LogP contribution in [0.15, 0.2) is 53.1 Å². The minimum atomic E-state index is -0.488. The Morgan fingerprint density at radius 3 is 2.83 bits per heavy atom. The predicted octanol–water partition coefficient (Wildman–Crippen LogP) is 4.30. The normalized spacial score (nSPS) is 16.0. The number of hydrogen-bond acceptors (Lipinski definition) is 7. The topological polar surface area (TPSA) is 83.7 Å². The summed E-state index contributed by atoms with van der Waals surface area (Å²) in [4.78, 5) is 16.4. The number of benzene rings is 2. The summed E-state index contributed by atoms with van der Waals surface area (Å²) < 4.78 is 21.6. The van der Waals surface area contributed by atoms with Crippen molar-refractivity contribution in [2.45, 2.75) is 25.6 Å². The molecule has 8 heteroatoms. The van der Waals surface area contributed by atoms with Crippen molar-refractivity contribution in [2.24, 2.45) is 0 Å². The molecule has 1 aliphatic rings. The van der Waals surface area contributed by atoms with Crippen molar-refractivity contribution in [3.05, 3.63) is 65.0 Å². The van der Waals surface area contributed by atoms with Crippen LogP contribution in [0, 0.1) is 0 Å². The lowest BCUT2D eigenvalue weighted by atomic mass is 10.2. The molecule has 3 aromatic rings. The summed E-state index contributed by atoms with van der Waals surface area (Å²) in [5, 5.41) is 4.45. The third kappa shape index (κ3) is 5.13. The number of aromatic nitrogens is 2. The molecule has 4 rings (SSSR count). The van der Waals surface area contributed by atoms with Crippen LogP contribution in [0.1, 0.15) is 29.1 Å². The molecule has 0 N–H and O–H groups in total. The molecular weight excluding hydrogens is 396 g/mol. The van der Waals surface area contributed by atoms with Crippen molar-refractivity contribution in [1.82, 2.24) is 10.1 Å². The highest BCUT2D eigenvalue weighted by Gasteiger charge is 2.16. The number of nitrogens with zero attached hydrogens (tertiary/aromatic N) is 2. The van der Waals surface area contributed by atoms with E-state index in [1.165, 1.54) is 0 Å². The van der Waals surface area contributed by atoms with Gasteiger partial charge in [-0.2, -0.15) is 4.98 Å². The number of rotatable bonds is 7. The summed E-state index contributed by atoms with van der Waals surface area (Å²) in [7, 11) is 0. The highest BCUT2D eigenvalue weighted by atomic mass is 35.5. The lowest BCUT2D eigenvalue weighted by molar-refractivity contribution is 0.0429. The van der Waals surface area contributed by atoms with E-state index in [2.05, 4.69) is 10.1 Å². The van der Waals surface area contributed by atoms with Gasteiger partial charge in [-0.15, -0.1) is 0 Å². The first-order valence-electron chi connectivity index (χ1n) is 9.27. The van der Waals surface area contributed by atoms with E-state index in [4.69, 9.17) is 30.3 Å². The van der Waals surface area contributed by atoms with Gasteiger partial charge in [0.2, 0.25) is 5.82 Å². The van der Waals surface area contributed by atoms with Crippen LogP contribution >= 0.6 is 11.6 Å². The Bertz CT molecular complexity index is 967. The van der Waals surface area contributed by atoms with Gasteiger partial charge < -0.3 is 18.7 Å². The molecule has 1 aromatic heterocycles. The molecule has 0 amide bonds. The summed E-state index contributed by atoms with van der Waals surface area (Å²) in [6, 6.07) is 13.9. The zero-order chi connectivity index (χ0) is 20.1. The minimum Gasteiger partial charge on any atom is -0.491 e. The number of ether oxygens (including phenoxy) is 3. The molecule has 1 atom stereocenters. The van der Waals surface area contributed by atoms with Crippen molar-refractivity contribution in [3.63, 3.8) is 0 Å². The maximum absolute atomic E-state index is 12.2. The first kappa shape index (κ1) is 19.4. The van der Waals surface area contributed by atoms with Crippen LogP contribution in [0.5, 0.6) is 5.75 Å². The number of carbonyl (C=O) groups is 1. The monoisotopic (exact) mass is 414 g/mol. The van der Waals surface area contributed by atoms with Crippen molar-refractivity contribution in [3.8, 4) is 17.1 Å². The van der Waals surface area contributed by atoms with Crippen molar-refractivity contribution in [2.75, 3.05) is 13.2 Å². The smallest absolute Gasteiger partial charge is 0.338 e. The first-order valence-corrected chi connectivity index (χ1v) is 9.65. The van der Waals surface area contributed by atoms with E-state index in [1.54, 1.807) is 42.5 Å². The Balaban J connectivity index is 1.29. The lowest BCUT2D eigenvalue weighted by Crippen LogP contribution is -2.16. The Morgan fingerprint density at radius 1 is 1.21 bits per heavy atom. The maximum atomic E-state index is 12.2. The van der Waals surface area contributed by atoms with Gasteiger partial charge in [-0.1, -0.05) is 28.9 Å². The fourth-order valence-electron chi connectivity index (χ4n) is 2.92. The van der Waals surface area contributed by atoms with Crippen molar-refractivity contribution < 1.29 is 23.5 Å². The molecule has 2 aromatic carbocycles. The average molecular weight is 415 g/mol. The molecule has 0 radical (unpaired) electrons. The first-order chi connectivity index (χ1) is 14.2.